The lowest BCUT2D eigenvalue weighted by molar-refractivity contribution is -0.128. The molecule has 8 nitrogen and oxygen atoms in total. The zero-order chi connectivity index (χ0) is 31.7. The molecule has 0 radical (unpaired) electrons. The van der Waals surface area contributed by atoms with Crippen LogP contribution in [0.15, 0.2) is 36.0 Å². The van der Waals surface area contributed by atoms with E-state index in [1.54, 1.807) is 18.4 Å². The van der Waals surface area contributed by atoms with Crippen molar-refractivity contribution in [2.24, 2.45) is 0 Å². The van der Waals surface area contributed by atoms with Crippen LogP contribution in [0, 0.1) is 20.8 Å². The minimum absolute atomic E-state index is 0.0457. The highest BCUT2D eigenvalue weighted by Gasteiger charge is 2.41. The summed E-state index contributed by atoms with van der Waals surface area (Å²) < 4.78 is 17.3. The number of carbonyl (C=O) groups excluding carboxylic acids is 1. The van der Waals surface area contributed by atoms with E-state index in [9.17, 15) is 4.79 Å². The fourth-order valence-corrected chi connectivity index (χ4v) is 7.76. The van der Waals surface area contributed by atoms with Crippen LogP contribution in [0.2, 0.25) is 10.0 Å². The second-order valence-electron chi connectivity index (χ2n) is 12.0. The Hall–Kier alpha value is -2.66. The summed E-state index contributed by atoms with van der Waals surface area (Å²) in [5.74, 6) is 1.44. The van der Waals surface area contributed by atoms with Gasteiger partial charge in [0.25, 0.3) is 5.91 Å². The first kappa shape index (κ1) is 32.3. The lowest BCUT2D eigenvalue weighted by Crippen LogP contribution is -2.59. The van der Waals surface area contributed by atoms with E-state index >= 15 is 0 Å². The van der Waals surface area contributed by atoms with Crippen LogP contribution in [0.3, 0.4) is 0 Å². The van der Waals surface area contributed by atoms with E-state index in [1.165, 1.54) is 0 Å². The molecular weight excluding hydrogens is 631 g/mol. The van der Waals surface area contributed by atoms with Crippen LogP contribution < -0.4 is 20.1 Å². The fourth-order valence-electron chi connectivity index (χ4n) is 6.17. The van der Waals surface area contributed by atoms with E-state index in [-0.39, 0.29) is 24.0 Å². The van der Waals surface area contributed by atoms with Gasteiger partial charge in [-0.05, 0) is 80.0 Å². The van der Waals surface area contributed by atoms with Crippen molar-refractivity contribution in [3.05, 3.63) is 78.2 Å². The molecular formula is C34H40Cl2N4O4S. The number of halogens is 2. The normalized spacial score (nSPS) is 19.5. The minimum atomic E-state index is -0.0457. The number of ether oxygens (including phenoxy) is 3. The van der Waals surface area contributed by atoms with Gasteiger partial charge in [-0.25, -0.2) is 4.98 Å². The van der Waals surface area contributed by atoms with Gasteiger partial charge in [0.05, 0.1) is 41.3 Å². The number of thiazole rings is 1. The van der Waals surface area contributed by atoms with Gasteiger partial charge in [-0.1, -0.05) is 35.3 Å². The van der Waals surface area contributed by atoms with Gasteiger partial charge < -0.3 is 29.7 Å². The fraction of sp³-hybridized carbons (Fsp3) is 0.471. The van der Waals surface area contributed by atoms with Crippen LogP contribution in [0.1, 0.15) is 51.4 Å². The van der Waals surface area contributed by atoms with Crippen molar-refractivity contribution >= 4 is 46.0 Å². The standard InChI is InChI=1S/C34H40Cl2N4O4S/c1-19-12-26(35)33(32(36)20(19)2)44-11-10-43-18-30-38-16-29(45-30)25-13-23-14-37-15-27(39-23)31(25)34(41)40(24-8-9-24)17-22-6-5-7-28(42-4)21(22)3/h5-7,12,16,23-24,27,37,39H,8-11,13-15,17-18H2,1-4H3. The molecule has 2 aromatic carbocycles. The molecule has 240 valence electrons. The minimum Gasteiger partial charge on any atom is -0.496 e. The van der Waals surface area contributed by atoms with Crippen LogP contribution in [0.4, 0.5) is 0 Å². The second-order valence-corrected chi connectivity index (χ2v) is 13.9. The molecule has 3 aliphatic rings. The number of carbonyl (C=O) groups is 1. The van der Waals surface area contributed by atoms with Crippen molar-refractivity contribution in [3.8, 4) is 11.5 Å². The maximum Gasteiger partial charge on any atom is 0.252 e. The van der Waals surface area contributed by atoms with E-state index < -0.39 is 0 Å². The molecule has 45 heavy (non-hydrogen) atoms. The van der Waals surface area contributed by atoms with Gasteiger partial charge in [0.2, 0.25) is 0 Å². The molecule has 1 amide bonds. The zero-order valence-electron chi connectivity index (χ0n) is 26.2. The summed E-state index contributed by atoms with van der Waals surface area (Å²) in [7, 11) is 1.69. The third-order valence-electron chi connectivity index (χ3n) is 8.97. The number of aromatic nitrogens is 1. The Morgan fingerprint density at radius 1 is 1.13 bits per heavy atom. The van der Waals surface area contributed by atoms with Gasteiger partial charge in [0.15, 0.2) is 5.75 Å². The van der Waals surface area contributed by atoms with E-state index in [0.717, 1.165) is 81.4 Å². The zero-order valence-corrected chi connectivity index (χ0v) is 28.5. The molecule has 3 aromatic rings. The summed E-state index contributed by atoms with van der Waals surface area (Å²) >= 11 is 14.4. The first-order valence-corrected chi connectivity index (χ1v) is 17.1. The number of piperazine rings is 1. The van der Waals surface area contributed by atoms with Crippen molar-refractivity contribution in [3.63, 3.8) is 0 Å². The number of fused-ring (bicyclic) bond motifs is 2. The number of amides is 1. The van der Waals surface area contributed by atoms with E-state index in [4.69, 9.17) is 37.4 Å². The van der Waals surface area contributed by atoms with Crippen LogP contribution in [0.25, 0.3) is 5.57 Å². The molecule has 2 fully saturated rings. The third-order valence-corrected chi connectivity index (χ3v) is 10.7. The summed E-state index contributed by atoms with van der Waals surface area (Å²) in [6, 6.07) is 8.41. The van der Waals surface area contributed by atoms with Crippen molar-refractivity contribution in [1.29, 1.82) is 0 Å². The first-order valence-electron chi connectivity index (χ1n) is 15.5. The van der Waals surface area contributed by atoms with Crippen molar-refractivity contribution < 1.29 is 19.0 Å². The van der Waals surface area contributed by atoms with E-state index in [1.807, 2.05) is 38.2 Å². The number of nitrogens with zero attached hydrogens (tertiary/aromatic N) is 2. The number of nitrogens with one attached hydrogen (secondary N) is 2. The topological polar surface area (TPSA) is 85.0 Å². The Kier molecular flexibility index (Phi) is 10.0. The summed E-state index contributed by atoms with van der Waals surface area (Å²) in [5, 5.41) is 9.12. The Balaban J connectivity index is 1.17. The number of hydrogen-bond donors (Lipinski definition) is 2. The van der Waals surface area contributed by atoms with Gasteiger partial charge in [-0.2, -0.15) is 0 Å². The Morgan fingerprint density at radius 3 is 2.73 bits per heavy atom. The first-order chi connectivity index (χ1) is 21.7. The van der Waals surface area contributed by atoms with Gasteiger partial charge in [-0.15, -0.1) is 11.3 Å². The Morgan fingerprint density at radius 2 is 1.96 bits per heavy atom. The van der Waals surface area contributed by atoms with Crippen molar-refractivity contribution in [1.82, 2.24) is 20.5 Å². The molecule has 1 aromatic heterocycles. The van der Waals surface area contributed by atoms with Gasteiger partial charge >= 0.3 is 0 Å². The number of benzene rings is 2. The van der Waals surface area contributed by atoms with Gasteiger partial charge in [-0.3, -0.25) is 4.79 Å². The molecule has 0 spiro atoms. The highest BCUT2D eigenvalue weighted by atomic mass is 35.5. The molecule has 2 N–H and O–H groups in total. The van der Waals surface area contributed by atoms with Gasteiger partial charge in [0.1, 0.15) is 17.4 Å². The number of methoxy groups -OCH3 is 1. The van der Waals surface area contributed by atoms with Crippen molar-refractivity contribution in [2.75, 3.05) is 33.4 Å². The summed E-state index contributed by atoms with van der Waals surface area (Å²) in [6.45, 7) is 9.18. The highest BCUT2D eigenvalue weighted by Crippen LogP contribution is 2.39. The molecule has 2 bridgehead atoms. The molecule has 11 heteroatoms. The van der Waals surface area contributed by atoms with Crippen LogP contribution in [-0.2, 0) is 22.7 Å². The average molecular weight is 672 g/mol. The molecule has 6 rings (SSSR count). The second kappa shape index (κ2) is 14.0. The third kappa shape index (κ3) is 7.04. The highest BCUT2D eigenvalue weighted by molar-refractivity contribution is 7.12. The molecule has 1 aliphatic carbocycles. The molecule has 3 heterocycles. The lowest BCUT2D eigenvalue weighted by Gasteiger charge is -2.40. The summed E-state index contributed by atoms with van der Waals surface area (Å²) in [6.07, 6.45) is 4.74. The monoisotopic (exact) mass is 670 g/mol. The molecule has 1 saturated carbocycles. The molecule has 2 atom stereocenters. The number of aryl methyl sites for hydroxylation is 1. The van der Waals surface area contributed by atoms with E-state index in [2.05, 4.69) is 33.5 Å². The molecule has 1 saturated heterocycles. The quantitative estimate of drug-likeness (QED) is 0.220. The van der Waals surface area contributed by atoms with Crippen LogP contribution >= 0.6 is 34.5 Å². The summed E-state index contributed by atoms with van der Waals surface area (Å²) in [5.41, 5.74) is 6.13. The number of rotatable bonds is 12. The van der Waals surface area contributed by atoms with Gasteiger partial charge in [0, 0.05) is 43.5 Å². The number of hydrogen-bond acceptors (Lipinski definition) is 8. The van der Waals surface area contributed by atoms with Crippen LogP contribution in [0.5, 0.6) is 11.5 Å². The predicted octanol–water partition coefficient (Wildman–Crippen LogP) is 6.26. The van der Waals surface area contributed by atoms with Crippen LogP contribution in [-0.4, -0.2) is 67.3 Å². The molecule has 2 aliphatic heterocycles. The predicted molar refractivity (Wildman–Crippen MR) is 180 cm³/mol. The SMILES string of the molecule is COc1cccc(CN(C(=O)C2=C(c3cnc(COCCOc4c(Cl)cc(C)c(C)c4Cl)s3)CC3CNCC2N3)C2CC2)c1C. The molecule has 2 unspecified atom stereocenters. The smallest absolute Gasteiger partial charge is 0.252 e. The van der Waals surface area contributed by atoms with Crippen molar-refractivity contribution in [2.45, 2.75) is 71.3 Å². The summed E-state index contributed by atoms with van der Waals surface area (Å²) in [4.78, 5) is 22.3. The lowest BCUT2D eigenvalue weighted by atomic mass is 9.86. The maximum absolute atomic E-state index is 14.5. The maximum atomic E-state index is 14.5. The van der Waals surface area contributed by atoms with E-state index in [0.29, 0.717) is 42.2 Å². The Labute approximate surface area is 279 Å². The largest absolute Gasteiger partial charge is 0.496 e. The Bertz CT molecular complexity index is 1600. The average Bonchev–Trinajstić information content (AvgIpc) is 3.76.